The maximum atomic E-state index is 7.76. The molecule has 78 heavy (non-hydrogen) atoms. The highest BCUT2D eigenvalue weighted by molar-refractivity contribution is 7.01. The average Bonchev–Trinajstić information content (AvgIpc) is 2.53. The fourth-order valence-corrected chi connectivity index (χ4v) is 17.0. The van der Waals surface area contributed by atoms with E-state index in [0.717, 1.165) is 50.0 Å². The molecular formula is C74H87BN2O. The molecule has 0 fully saturated rings. The molecule has 0 radical (unpaired) electrons. The van der Waals surface area contributed by atoms with Crippen LogP contribution < -0.4 is 26.2 Å². The van der Waals surface area contributed by atoms with Gasteiger partial charge in [0.2, 0.25) is 5.88 Å². The number of fused-ring (bicyclic) bond motifs is 15. The van der Waals surface area contributed by atoms with Crippen molar-refractivity contribution < 1.29 is 4.42 Å². The van der Waals surface area contributed by atoms with Crippen LogP contribution in [0.15, 0.2) is 89.3 Å². The Balaban J connectivity index is 1.16. The van der Waals surface area contributed by atoms with Gasteiger partial charge < -0.3 is 9.32 Å². The van der Waals surface area contributed by atoms with E-state index in [0.29, 0.717) is 0 Å². The van der Waals surface area contributed by atoms with Gasteiger partial charge in [0.1, 0.15) is 5.58 Å². The van der Waals surface area contributed by atoms with Crippen LogP contribution in [0, 0.1) is 6.92 Å². The predicted molar refractivity (Wildman–Crippen MR) is 334 cm³/mol. The first kappa shape index (κ1) is 50.7. The predicted octanol–water partition coefficient (Wildman–Crippen LogP) is 18.5. The lowest BCUT2D eigenvalue weighted by molar-refractivity contribution is 0.332. The van der Waals surface area contributed by atoms with Crippen molar-refractivity contribution in [2.75, 3.05) is 9.80 Å². The third-order valence-electron chi connectivity index (χ3n) is 22.6. The molecule has 1 atom stereocenters. The fourth-order valence-electron chi connectivity index (χ4n) is 17.0. The van der Waals surface area contributed by atoms with Crippen molar-refractivity contribution in [1.82, 2.24) is 0 Å². The third-order valence-corrected chi connectivity index (χ3v) is 22.6. The van der Waals surface area contributed by atoms with Crippen molar-refractivity contribution in [2.24, 2.45) is 0 Å². The van der Waals surface area contributed by atoms with Gasteiger partial charge in [-0.2, -0.15) is 0 Å². The van der Waals surface area contributed by atoms with Gasteiger partial charge in [0.05, 0.1) is 5.69 Å². The van der Waals surface area contributed by atoms with Crippen molar-refractivity contribution in [3.63, 3.8) is 0 Å². The minimum absolute atomic E-state index is 0.0137. The summed E-state index contributed by atoms with van der Waals surface area (Å²) in [6.45, 7) is 47.0. The smallest absolute Gasteiger partial charge is 0.257 e. The molecule has 6 aromatic carbocycles. The third kappa shape index (κ3) is 6.76. The number of anilines is 6. The SMILES string of the molecule is Cc1cc2c3c(c1)N(c1ccc4c(c1)C(C)(C)CCC4(C)C)c1oc4cc5c(cc4c1B3c1cc3c4cc1N2c1cc2c(cc1-c1ccc(C(C)(C)C)c(c1)C4(C)CCC3(C)C)C(C)(C)CCC2(C)C)C(C)(C)CCC5(C)C. The van der Waals surface area contributed by atoms with Crippen LogP contribution in [0.2, 0.25) is 0 Å². The lowest BCUT2D eigenvalue weighted by atomic mass is 9.33. The Hall–Kier alpha value is -5.48. The Morgan fingerprint density at radius 3 is 1.53 bits per heavy atom. The second kappa shape index (κ2) is 15.3. The van der Waals surface area contributed by atoms with E-state index in [1.807, 2.05) is 0 Å². The molecule has 0 N–H and O–H groups in total. The maximum absolute atomic E-state index is 7.76. The first-order valence-corrected chi connectivity index (χ1v) is 30.3. The summed E-state index contributed by atoms with van der Waals surface area (Å²) in [5.74, 6) is 0.982. The summed E-state index contributed by atoms with van der Waals surface area (Å²) in [6.07, 6.45) is 9.21. The summed E-state index contributed by atoms with van der Waals surface area (Å²) in [5, 5.41) is 1.27. The second-order valence-corrected chi connectivity index (χ2v) is 32.2. The van der Waals surface area contributed by atoms with Gasteiger partial charge in [-0.15, -0.1) is 0 Å². The average molecular weight is 1030 g/mol. The topological polar surface area (TPSA) is 19.6 Å². The minimum Gasteiger partial charge on any atom is -0.440 e. The van der Waals surface area contributed by atoms with Crippen LogP contribution in [0.4, 0.5) is 34.3 Å². The molecule has 0 spiro atoms. The van der Waals surface area contributed by atoms with E-state index >= 15 is 0 Å². The van der Waals surface area contributed by atoms with Crippen LogP contribution in [0.25, 0.3) is 22.1 Å². The molecule has 0 amide bonds. The van der Waals surface area contributed by atoms with Gasteiger partial charge in [0, 0.05) is 44.6 Å². The van der Waals surface area contributed by atoms with Gasteiger partial charge in [0.15, 0.2) is 0 Å². The zero-order valence-corrected chi connectivity index (χ0v) is 51.1. The number of nitrogens with zero attached hydrogens (tertiary/aromatic N) is 2. The largest absolute Gasteiger partial charge is 0.440 e. The lowest BCUT2D eigenvalue weighted by Crippen LogP contribution is -2.61. The molecule has 4 bridgehead atoms. The quantitative estimate of drug-likeness (QED) is 0.153. The van der Waals surface area contributed by atoms with Gasteiger partial charge in [0.25, 0.3) is 6.71 Å². The summed E-state index contributed by atoms with van der Waals surface area (Å²) in [6, 6.07) is 36.2. The van der Waals surface area contributed by atoms with Gasteiger partial charge in [-0.25, -0.2) is 0 Å². The number of aryl methyl sites for hydroxylation is 1. The van der Waals surface area contributed by atoms with Crippen molar-refractivity contribution in [2.45, 2.75) is 232 Å². The summed E-state index contributed by atoms with van der Waals surface area (Å²) < 4.78 is 7.76. The highest BCUT2D eigenvalue weighted by Gasteiger charge is 2.52. The molecule has 14 rings (SSSR count). The van der Waals surface area contributed by atoms with E-state index in [4.69, 9.17) is 4.42 Å². The number of benzene rings is 6. The highest BCUT2D eigenvalue weighted by Crippen LogP contribution is 2.59. The Bertz CT molecular complexity index is 3820. The van der Waals surface area contributed by atoms with E-state index in [9.17, 15) is 0 Å². The Morgan fingerprint density at radius 1 is 0.423 bits per heavy atom. The molecule has 4 aliphatic carbocycles. The van der Waals surface area contributed by atoms with E-state index in [1.54, 1.807) is 0 Å². The van der Waals surface area contributed by atoms with Crippen molar-refractivity contribution in [3.8, 4) is 11.1 Å². The molecule has 4 heterocycles. The van der Waals surface area contributed by atoms with E-state index in [2.05, 4.69) is 226 Å². The van der Waals surface area contributed by atoms with Crippen LogP contribution in [-0.2, 0) is 48.7 Å². The molecule has 7 aliphatic rings. The molecule has 3 aliphatic heterocycles. The van der Waals surface area contributed by atoms with Crippen molar-refractivity contribution >= 4 is 68.4 Å². The summed E-state index contributed by atoms with van der Waals surface area (Å²) in [7, 11) is 0. The van der Waals surface area contributed by atoms with Crippen LogP contribution in [0.3, 0.4) is 0 Å². The van der Waals surface area contributed by atoms with Crippen LogP contribution >= 0.6 is 0 Å². The lowest BCUT2D eigenvalue weighted by Gasteiger charge is -2.50. The standard InChI is InChI=1S/C74H87BN2O/c1-42-32-60-64-61(33-42)77-58-39-53-50(69(9,10)26-28-71(53,13)14)36-45(58)43-20-22-47(66(2,3)4)55(34-43)74(19)31-30-73(17,18)52-38-57(59(77)40-56(52)74)75(64)63-46-37-51-54(72(15,16)29-27-70(51,11)12)41-62(46)78-65(63)76(60)44-21-23-48-49(35-44)68(7,8)25-24-67(48,5)6/h20-23,32-41H,24-31H2,1-19H3. The molecule has 3 nitrogen and oxygen atoms in total. The van der Waals surface area contributed by atoms with Gasteiger partial charge in [-0.3, -0.25) is 4.90 Å². The molecule has 0 saturated heterocycles. The number of hydrogen-bond acceptors (Lipinski definition) is 3. The number of hydrogen-bond donors (Lipinski definition) is 0. The zero-order chi connectivity index (χ0) is 55.4. The molecule has 4 heteroatoms. The first-order valence-electron chi connectivity index (χ1n) is 30.3. The Kier molecular flexibility index (Phi) is 9.94. The first-order chi connectivity index (χ1) is 36.2. The zero-order valence-electron chi connectivity index (χ0n) is 51.1. The number of furan rings is 1. The second-order valence-electron chi connectivity index (χ2n) is 32.2. The van der Waals surface area contributed by atoms with Crippen LogP contribution in [0.5, 0.6) is 0 Å². The molecule has 1 unspecified atom stereocenters. The molecule has 0 saturated carbocycles. The molecule has 402 valence electrons. The monoisotopic (exact) mass is 1030 g/mol. The number of rotatable bonds is 1. The van der Waals surface area contributed by atoms with Gasteiger partial charge >= 0.3 is 0 Å². The van der Waals surface area contributed by atoms with E-state index < -0.39 is 0 Å². The van der Waals surface area contributed by atoms with Crippen molar-refractivity contribution in [1.29, 1.82) is 0 Å². The van der Waals surface area contributed by atoms with Crippen LogP contribution in [-0.4, -0.2) is 6.71 Å². The minimum atomic E-state index is -0.210. The van der Waals surface area contributed by atoms with E-state index in [-0.39, 0.29) is 55.4 Å². The Labute approximate surface area is 469 Å². The van der Waals surface area contributed by atoms with Gasteiger partial charge in [-0.1, -0.05) is 149 Å². The summed E-state index contributed by atoms with van der Waals surface area (Å²) >= 11 is 0. The summed E-state index contributed by atoms with van der Waals surface area (Å²) in [4.78, 5) is 5.39. The highest BCUT2D eigenvalue weighted by atomic mass is 16.4. The normalized spacial score (nSPS) is 23.3. The molecular weight excluding hydrogens is 944 g/mol. The fraction of sp³-hybridized carbons (Fsp3) is 0.486. The maximum Gasteiger partial charge on any atom is 0.257 e. The molecule has 7 aromatic rings. The van der Waals surface area contributed by atoms with E-state index in [1.165, 1.54) is 135 Å². The molecule has 1 aromatic heterocycles. The van der Waals surface area contributed by atoms with Crippen LogP contribution in [0.1, 0.15) is 237 Å². The van der Waals surface area contributed by atoms with Crippen molar-refractivity contribution in [3.05, 3.63) is 146 Å². The van der Waals surface area contributed by atoms with Gasteiger partial charge in [-0.05, 0) is 240 Å². The summed E-state index contributed by atoms with van der Waals surface area (Å²) in [5.41, 5.74) is 30.2. The Morgan fingerprint density at radius 2 is 0.923 bits per heavy atom.